The third-order valence-electron chi connectivity index (χ3n) is 4.33. The summed E-state index contributed by atoms with van der Waals surface area (Å²) in [6.07, 6.45) is 2.96. The van der Waals surface area contributed by atoms with Crippen LogP contribution in [0.25, 0.3) is 10.9 Å². The molecule has 4 rings (SSSR count). The molecular formula is C20H18FN7O. The summed E-state index contributed by atoms with van der Waals surface area (Å²) in [4.78, 5) is 20.1. The van der Waals surface area contributed by atoms with Gasteiger partial charge >= 0.3 is 6.03 Å². The number of rotatable bonds is 5. The van der Waals surface area contributed by atoms with E-state index in [1.54, 1.807) is 18.3 Å². The van der Waals surface area contributed by atoms with Crippen LogP contribution in [0.15, 0.2) is 60.9 Å². The Balaban J connectivity index is 1.44. The van der Waals surface area contributed by atoms with Crippen LogP contribution in [0.3, 0.4) is 0 Å². The summed E-state index contributed by atoms with van der Waals surface area (Å²) >= 11 is 0. The molecule has 29 heavy (non-hydrogen) atoms. The molecule has 4 N–H and O–H groups in total. The first kappa shape index (κ1) is 18.4. The zero-order chi connectivity index (χ0) is 20.2. The lowest BCUT2D eigenvalue weighted by Crippen LogP contribution is -2.31. The molecule has 8 nitrogen and oxygen atoms in total. The molecule has 3 heterocycles. The number of hydrogen-bond donors (Lipinski definition) is 4. The lowest BCUT2D eigenvalue weighted by Gasteiger charge is -2.14. The number of benzene rings is 1. The van der Waals surface area contributed by atoms with Crippen LogP contribution in [0, 0.1) is 5.95 Å². The van der Waals surface area contributed by atoms with Crippen LogP contribution in [0.4, 0.5) is 26.5 Å². The Morgan fingerprint density at radius 1 is 1.10 bits per heavy atom. The largest absolute Gasteiger partial charge is 0.337 e. The van der Waals surface area contributed by atoms with Gasteiger partial charge in [0, 0.05) is 12.3 Å². The van der Waals surface area contributed by atoms with Gasteiger partial charge in [0.2, 0.25) is 5.95 Å². The van der Waals surface area contributed by atoms with Gasteiger partial charge in [-0.15, -0.1) is 0 Å². The van der Waals surface area contributed by atoms with Gasteiger partial charge in [-0.3, -0.25) is 10.4 Å². The molecule has 146 valence electrons. The summed E-state index contributed by atoms with van der Waals surface area (Å²) < 4.78 is 12.9. The van der Waals surface area contributed by atoms with Gasteiger partial charge in [0.25, 0.3) is 0 Å². The van der Waals surface area contributed by atoms with Crippen molar-refractivity contribution in [1.29, 1.82) is 0 Å². The second-order valence-electron chi connectivity index (χ2n) is 6.41. The smallest absolute Gasteiger partial charge is 0.320 e. The minimum atomic E-state index is -0.556. The number of pyridine rings is 2. The molecule has 3 aromatic heterocycles. The third-order valence-corrected chi connectivity index (χ3v) is 4.33. The van der Waals surface area contributed by atoms with Crippen LogP contribution in [0.1, 0.15) is 18.5 Å². The number of carbonyl (C=O) groups excluding carboxylic acids is 1. The van der Waals surface area contributed by atoms with E-state index in [4.69, 9.17) is 0 Å². The van der Waals surface area contributed by atoms with Crippen LogP contribution in [0.2, 0.25) is 0 Å². The lowest BCUT2D eigenvalue weighted by molar-refractivity contribution is 0.249. The number of anilines is 3. The molecule has 9 heteroatoms. The van der Waals surface area contributed by atoms with Crippen molar-refractivity contribution in [2.24, 2.45) is 0 Å². The molecule has 1 aromatic carbocycles. The molecule has 0 radical (unpaired) electrons. The highest BCUT2D eigenvalue weighted by molar-refractivity contribution is 5.95. The van der Waals surface area contributed by atoms with Gasteiger partial charge in [-0.1, -0.05) is 30.3 Å². The fourth-order valence-electron chi connectivity index (χ4n) is 2.84. The van der Waals surface area contributed by atoms with E-state index >= 15 is 0 Å². The number of nitrogens with one attached hydrogen (secondary N) is 4. The van der Waals surface area contributed by atoms with Crippen molar-refractivity contribution in [3.63, 3.8) is 0 Å². The van der Waals surface area contributed by atoms with Gasteiger partial charge in [-0.25, -0.2) is 14.8 Å². The Kier molecular flexibility index (Phi) is 5.02. The predicted octanol–water partition coefficient (Wildman–Crippen LogP) is 4.12. The predicted molar refractivity (Wildman–Crippen MR) is 108 cm³/mol. The third kappa shape index (κ3) is 4.29. The van der Waals surface area contributed by atoms with Crippen molar-refractivity contribution in [2.45, 2.75) is 13.0 Å². The number of aromatic amines is 1. The van der Waals surface area contributed by atoms with E-state index < -0.39 is 5.95 Å². The van der Waals surface area contributed by atoms with Crippen LogP contribution >= 0.6 is 0 Å². The minimum absolute atomic E-state index is 0.146. The monoisotopic (exact) mass is 391 g/mol. The number of H-pyrrole nitrogens is 1. The van der Waals surface area contributed by atoms with E-state index in [0.29, 0.717) is 22.8 Å². The summed E-state index contributed by atoms with van der Waals surface area (Å²) in [5, 5.41) is 16.4. The van der Waals surface area contributed by atoms with E-state index in [2.05, 4.69) is 36.1 Å². The average Bonchev–Trinajstić information content (AvgIpc) is 3.12. The number of carbonyl (C=O) groups is 1. The summed E-state index contributed by atoms with van der Waals surface area (Å²) in [6.45, 7) is 1.91. The summed E-state index contributed by atoms with van der Waals surface area (Å²) in [5.74, 6) is 0.350. The Morgan fingerprint density at radius 3 is 2.69 bits per heavy atom. The van der Waals surface area contributed by atoms with E-state index in [9.17, 15) is 9.18 Å². The lowest BCUT2D eigenvalue weighted by atomic mass is 10.1. The second kappa shape index (κ2) is 7.93. The fraction of sp³-hybridized carbons (Fsp3) is 0.100. The first-order valence-electron chi connectivity index (χ1n) is 8.93. The Labute approximate surface area is 165 Å². The molecule has 0 saturated carbocycles. The van der Waals surface area contributed by atoms with E-state index in [1.807, 2.05) is 37.3 Å². The topological polar surface area (TPSA) is 108 Å². The van der Waals surface area contributed by atoms with Gasteiger partial charge in [0.05, 0.1) is 28.8 Å². The molecule has 0 aliphatic carbocycles. The summed E-state index contributed by atoms with van der Waals surface area (Å²) in [6, 6.07) is 13.7. The zero-order valence-electron chi connectivity index (χ0n) is 15.5. The summed E-state index contributed by atoms with van der Waals surface area (Å²) in [7, 11) is 0. The Morgan fingerprint density at radius 2 is 1.93 bits per heavy atom. The number of aromatic nitrogens is 4. The molecule has 1 unspecified atom stereocenters. The molecule has 0 fully saturated rings. The van der Waals surface area contributed by atoms with Crippen LogP contribution in [0.5, 0.6) is 0 Å². The normalized spacial score (nSPS) is 11.8. The van der Waals surface area contributed by atoms with Crippen molar-refractivity contribution < 1.29 is 9.18 Å². The highest BCUT2D eigenvalue weighted by Gasteiger charge is 2.12. The Bertz CT molecular complexity index is 1130. The molecule has 4 aromatic rings. The van der Waals surface area contributed by atoms with E-state index in [-0.39, 0.29) is 12.1 Å². The highest BCUT2D eigenvalue weighted by Crippen LogP contribution is 2.24. The molecule has 0 spiro atoms. The van der Waals surface area contributed by atoms with E-state index in [1.165, 1.54) is 12.3 Å². The van der Waals surface area contributed by atoms with Crippen molar-refractivity contribution in [1.82, 2.24) is 25.5 Å². The number of halogens is 1. The molecule has 0 bridgehead atoms. The average molecular weight is 391 g/mol. The zero-order valence-corrected chi connectivity index (χ0v) is 15.5. The van der Waals surface area contributed by atoms with Crippen LogP contribution in [-0.2, 0) is 0 Å². The molecule has 1 atom stereocenters. The van der Waals surface area contributed by atoms with Crippen LogP contribution in [-0.4, -0.2) is 26.2 Å². The maximum Gasteiger partial charge on any atom is 0.320 e. The number of amides is 2. The standard InChI is InChI=1S/C20H18FN7O/c1-12(13-5-3-2-4-6-13)24-20(29)26-18-9-16-15(11-23-18)19(28-27-16)25-14-7-8-17(21)22-10-14/h2-12H,1H3,(H2,25,27,28)(H2,23,24,26,29). The van der Waals surface area contributed by atoms with Gasteiger partial charge in [0.15, 0.2) is 5.82 Å². The number of urea groups is 1. The number of nitrogens with zero attached hydrogens (tertiary/aromatic N) is 3. The first-order valence-corrected chi connectivity index (χ1v) is 8.93. The van der Waals surface area contributed by atoms with Crippen molar-refractivity contribution in [3.05, 3.63) is 72.4 Å². The summed E-state index contributed by atoms with van der Waals surface area (Å²) in [5.41, 5.74) is 2.28. The maximum atomic E-state index is 12.9. The van der Waals surface area contributed by atoms with Gasteiger partial charge in [0.1, 0.15) is 5.82 Å². The number of hydrogen-bond acceptors (Lipinski definition) is 5. The Hall–Kier alpha value is -4.01. The van der Waals surface area contributed by atoms with Gasteiger partial charge in [-0.05, 0) is 24.6 Å². The first-order chi connectivity index (χ1) is 14.1. The van der Waals surface area contributed by atoms with Gasteiger partial charge < -0.3 is 10.6 Å². The molecule has 0 saturated heterocycles. The van der Waals surface area contributed by atoms with Crippen molar-refractivity contribution >= 4 is 34.3 Å². The molecule has 0 aliphatic heterocycles. The van der Waals surface area contributed by atoms with Crippen molar-refractivity contribution in [3.8, 4) is 0 Å². The molecule has 0 aliphatic rings. The molecule has 2 amide bonds. The second-order valence-corrected chi connectivity index (χ2v) is 6.41. The van der Waals surface area contributed by atoms with Crippen LogP contribution < -0.4 is 16.0 Å². The highest BCUT2D eigenvalue weighted by atomic mass is 19.1. The quantitative estimate of drug-likeness (QED) is 0.383. The SMILES string of the molecule is CC(NC(=O)Nc1cc2[nH]nc(Nc3ccc(F)nc3)c2cn1)c1ccccc1. The van der Waals surface area contributed by atoms with E-state index in [0.717, 1.165) is 10.9 Å². The van der Waals surface area contributed by atoms with Gasteiger partial charge in [-0.2, -0.15) is 9.49 Å². The maximum absolute atomic E-state index is 12.9. The molecular weight excluding hydrogens is 373 g/mol. The van der Waals surface area contributed by atoms with Crippen molar-refractivity contribution in [2.75, 3.05) is 10.6 Å². The minimum Gasteiger partial charge on any atom is -0.337 e. The number of fused-ring (bicyclic) bond motifs is 1. The fourth-order valence-corrected chi connectivity index (χ4v) is 2.84.